The van der Waals surface area contributed by atoms with E-state index in [0.29, 0.717) is 0 Å². The minimum absolute atomic E-state index is 0.00597. The molecular formula is C18H20N2O4. The summed E-state index contributed by atoms with van der Waals surface area (Å²) in [5.41, 5.74) is 6.00. The first-order chi connectivity index (χ1) is 11.6. The summed E-state index contributed by atoms with van der Waals surface area (Å²) in [5, 5.41) is 2.41. The summed E-state index contributed by atoms with van der Waals surface area (Å²) in [4.78, 5) is 22.8. The Balaban J connectivity index is 2.49. The largest absolute Gasteiger partial charge is 0.448 e. The smallest absolute Gasteiger partial charge is 0.406 e. The molecule has 0 heterocycles. The number of benzene rings is 2. The molecule has 2 amide bonds. The van der Waals surface area contributed by atoms with E-state index in [1.807, 2.05) is 60.7 Å². The third kappa shape index (κ3) is 4.04. The minimum atomic E-state index is -0.883. The van der Waals surface area contributed by atoms with E-state index in [0.717, 1.165) is 11.1 Å². The van der Waals surface area contributed by atoms with Crippen LogP contribution in [0.5, 0.6) is 0 Å². The van der Waals surface area contributed by atoms with Gasteiger partial charge >= 0.3 is 12.2 Å². The molecule has 0 fully saturated rings. The maximum atomic E-state index is 11.6. The van der Waals surface area contributed by atoms with E-state index >= 15 is 0 Å². The quantitative estimate of drug-likeness (QED) is 0.852. The molecule has 0 aliphatic heterocycles. The molecule has 0 aromatic heterocycles. The average molecular weight is 328 g/mol. The Bertz CT molecular complexity index is 634. The van der Waals surface area contributed by atoms with Crippen LogP contribution in [-0.4, -0.2) is 32.4 Å². The number of carbonyl (C=O) groups is 2. The summed E-state index contributed by atoms with van der Waals surface area (Å²) in [6.07, 6.45) is -1.45. The van der Waals surface area contributed by atoms with Gasteiger partial charge in [0.1, 0.15) is 13.2 Å². The molecule has 0 spiro atoms. The highest BCUT2D eigenvalue weighted by Crippen LogP contribution is 2.33. The minimum Gasteiger partial charge on any atom is -0.448 e. The van der Waals surface area contributed by atoms with Gasteiger partial charge in [-0.25, -0.2) is 9.59 Å². The van der Waals surface area contributed by atoms with E-state index in [2.05, 4.69) is 5.32 Å². The zero-order valence-corrected chi connectivity index (χ0v) is 13.4. The number of nitrogens with two attached hydrogens (primary N) is 1. The molecule has 0 unspecified atom stereocenters. The Kier molecular flexibility index (Phi) is 5.78. The third-order valence-electron chi connectivity index (χ3n) is 3.77. The van der Waals surface area contributed by atoms with Gasteiger partial charge in [-0.2, -0.15) is 0 Å². The van der Waals surface area contributed by atoms with Crippen LogP contribution >= 0.6 is 0 Å². The fourth-order valence-electron chi connectivity index (χ4n) is 2.51. The Morgan fingerprint density at radius 2 is 1.38 bits per heavy atom. The summed E-state index contributed by atoms with van der Waals surface area (Å²) in [6.45, 7) is -0.0542. The highest BCUT2D eigenvalue weighted by molar-refractivity contribution is 5.67. The van der Waals surface area contributed by atoms with E-state index in [1.165, 1.54) is 7.05 Å². The second-order valence-electron chi connectivity index (χ2n) is 5.25. The number of alkyl carbamates (subject to hydrolysis) is 1. The van der Waals surface area contributed by atoms with Gasteiger partial charge in [0, 0.05) is 7.05 Å². The maximum absolute atomic E-state index is 11.6. The molecule has 0 atom stereocenters. The molecular weight excluding hydrogens is 308 g/mol. The first-order valence-electron chi connectivity index (χ1n) is 7.46. The number of rotatable bonds is 6. The second kappa shape index (κ2) is 8.01. The van der Waals surface area contributed by atoms with Crippen LogP contribution in [0.2, 0.25) is 0 Å². The molecule has 0 saturated heterocycles. The molecule has 6 heteroatoms. The fourth-order valence-corrected chi connectivity index (χ4v) is 2.51. The fraction of sp³-hybridized carbons (Fsp3) is 0.222. The highest BCUT2D eigenvalue weighted by atomic mass is 16.6. The molecule has 2 aromatic rings. The SMILES string of the molecule is CNC(=O)OCC(COC(N)=O)(c1ccccc1)c1ccccc1. The summed E-state index contributed by atoms with van der Waals surface area (Å²) in [5.74, 6) is 0. The van der Waals surface area contributed by atoms with Gasteiger partial charge in [-0.05, 0) is 11.1 Å². The third-order valence-corrected chi connectivity index (χ3v) is 3.77. The predicted molar refractivity (Wildman–Crippen MR) is 89.6 cm³/mol. The van der Waals surface area contributed by atoms with Gasteiger partial charge in [0.05, 0.1) is 5.41 Å². The van der Waals surface area contributed by atoms with Crippen LogP contribution in [0, 0.1) is 0 Å². The van der Waals surface area contributed by atoms with Crippen LogP contribution in [0.25, 0.3) is 0 Å². The van der Waals surface area contributed by atoms with E-state index in [4.69, 9.17) is 15.2 Å². The van der Waals surface area contributed by atoms with Gasteiger partial charge in [0.15, 0.2) is 0 Å². The van der Waals surface area contributed by atoms with Gasteiger partial charge in [-0.15, -0.1) is 0 Å². The Labute approximate surface area is 140 Å². The van der Waals surface area contributed by atoms with Crippen LogP contribution in [0.1, 0.15) is 11.1 Å². The Morgan fingerprint density at radius 1 is 0.917 bits per heavy atom. The summed E-state index contributed by atoms with van der Waals surface area (Å²) in [7, 11) is 1.48. The number of nitrogens with one attached hydrogen (secondary N) is 1. The Hall–Kier alpha value is -3.02. The number of hydrogen-bond acceptors (Lipinski definition) is 4. The summed E-state index contributed by atoms with van der Waals surface area (Å²) < 4.78 is 10.4. The van der Waals surface area contributed by atoms with Gasteiger partial charge in [-0.3, -0.25) is 0 Å². The van der Waals surface area contributed by atoms with Crippen molar-refractivity contribution in [2.45, 2.75) is 5.41 Å². The van der Waals surface area contributed by atoms with Crippen molar-refractivity contribution in [1.82, 2.24) is 5.32 Å². The summed E-state index contributed by atoms with van der Waals surface area (Å²) >= 11 is 0. The highest BCUT2D eigenvalue weighted by Gasteiger charge is 2.37. The number of ether oxygens (including phenoxy) is 2. The summed E-state index contributed by atoms with van der Waals surface area (Å²) in [6, 6.07) is 18.8. The van der Waals surface area contributed by atoms with E-state index in [9.17, 15) is 9.59 Å². The van der Waals surface area contributed by atoms with Crippen molar-refractivity contribution in [3.05, 3.63) is 71.8 Å². The normalized spacial score (nSPS) is 10.7. The van der Waals surface area contributed by atoms with E-state index in [1.54, 1.807) is 0 Å². The van der Waals surface area contributed by atoms with Crippen LogP contribution in [0.3, 0.4) is 0 Å². The van der Waals surface area contributed by atoms with Gasteiger partial charge in [0.2, 0.25) is 0 Å². The van der Waals surface area contributed by atoms with Crippen molar-refractivity contribution in [3.8, 4) is 0 Å². The van der Waals surface area contributed by atoms with Crippen molar-refractivity contribution in [2.24, 2.45) is 5.73 Å². The second-order valence-corrected chi connectivity index (χ2v) is 5.25. The lowest BCUT2D eigenvalue weighted by atomic mass is 9.75. The molecule has 0 saturated carbocycles. The number of carbonyl (C=O) groups excluding carboxylic acids is 2. The average Bonchev–Trinajstić information content (AvgIpc) is 2.63. The molecule has 24 heavy (non-hydrogen) atoms. The lowest BCUT2D eigenvalue weighted by molar-refractivity contribution is 0.0865. The zero-order valence-electron chi connectivity index (χ0n) is 13.4. The van der Waals surface area contributed by atoms with Gasteiger partial charge < -0.3 is 20.5 Å². The molecule has 0 bridgehead atoms. The first-order valence-corrected chi connectivity index (χ1v) is 7.46. The molecule has 3 N–H and O–H groups in total. The maximum Gasteiger partial charge on any atom is 0.406 e. The standard InChI is InChI=1S/C18H20N2O4/c1-20-17(22)24-13-18(12-23-16(19)21,14-8-4-2-5-9-14)15-10-6-3-7-11-15/h2-11H,12-13H2,1H3,(H2,19,21)(H,20,22). The molecule has 6 nitrogen and oxygen atoms in total. The number of amides is 2. The van der Waals surface area contributed by atoms with Crippen molar-refractivity contribution in [1.29, 1.82) is 0 Å². The number of hydrogen-bond donors (Lipinski definition) is 2. The van der Waals surface area contributed by atoms with Crippen molar-refractivity contribution in [2.75, 3.05) is 20.3 Å². The van der Waals surface area contributed by atoms with Crippen molar-refractivity contribution < 1.29 is 19.1 Å². The first kappa shape index (κ1) is 17.3. The van der Waals surface area contributed by atoms with Crippen LogP contribution in [0.4, 0.5) is 9.59 Å². The van der Waals surface area contributed by atoms with Gasteiger partial charge in [-0.1, -0.05) is 60.7 Å². The molecule has 0 radical (unpaired) electrons. The topological polar surface area (TPSA) is 90.7 Å². The number of primary amides is 1. The van der Waals surface area contributed by atoms with Gasteiger partial charge in [0.25, 0.3) is 0 Å². The predicted octanol–water partition coefficient (Wildman–Crippen LogP) is 2.42. The van der Waals surface area contributed by atoms with Crippen LogP contribution in [-0.2, 0) is 14.9 Å². The van der Waals surface area contributed by atoms with Crippen LogP contribution < -0.4 is 11.1 Å². The van der Waals surface area contributed by atoms with Crippen molar-refractivity contribution in [3.63, 3.8) is 0 Å². The van der Waals surface area contributed by atoms with E-state index < -0.39 is 17.6 Å². The molecule has 126 valence electrons. The van der Waals surface area contributed by atoms with E-state index in [-0.39, 0.29) is 13.2 Å². The monoisotopic (exact) mass is 328 g/mol. The zero-order chi connectivity index (χ0) is 17.4. The van der Waals surface area contributed by atoms with Crippen LogP contribution in [0.15, 0.2) is 60.7 Å². The molecule has 2 rings (SSSR count). The molecule has 0 aliphatic carbocycles. The molecule has 2 aromatic carbocycles. The molecule has 0 aliphatic rings. The lowest BCUT2D eigenvalue weighted by Gasteiger charge is -2.33. The lowest BCUT2D eigenvalue weighted by Crippen LogP contribution is -2.41. The Morgan fingerprint density at radius 3 is 1.79 bits per heavy atom. The van der Waals surface area contributed by atoms with Crippen molar-refractivity contribution >= 4 is 12.2 Å².